The molecule has 1 saturated carbocycles. The van der Waals surface area contributed by atoms with E-state index in [0.29, 0.717) is 32.6 Å². The number of rotatable bonds is 5. The molecule has 1 atom stereocenters. The Balaban J connectivity index is 1.56. The molecular formula is C21H25N5O3S2. The molecule has 0 bridgehead atoms. The number of nitrogens with zero attached hydrogens (tertiary/aromatic N) is 4. The molecule has 0 spiro atoms. The molecule has 0 radical (unpaired) electrons. The van der Waals surface area contributed by atoms with Gasteiger partial charge < -0.3 is 10.5 Å². The van der Waals surface area contributed by atoms with Crippen LogP contribution < -0.4 is 10.6 Å². The van der Waals surface area contributed by atoms with Gasteiger partial charge in [0.1, 0.15) is 15.5 Å². The number of nitrogen functional groups attached to an aromatic ring is 1. The standard InChI is InChI=1S/C21H25N5O3S2/c1-11-15-16(22)17(31-18(15)25-13(3)24-11)20(28)29-12(2)19(27)26(21-23-9-10-30-21)14-7-5-4-6-8-14/h9-10,12,14H,4-8,22H2,1-3H3. The van der Waals surface area contributed by atoms with Crippen molar-refractivity contribution in [3.05, 3.63) is 28.0 Å². The molecule has 0 saturated heterocycles. The fraction of sp³-hybridized carbons (Fsp3) is 0.476. The quantitative estimate of drug-likeness (QED) is 0.567. The number of esters is 1. The van der Waals surface area contributed by atoms with Crippen molar-refractivity contribution in [1.82, 2.24) is 15.0 Å². The molecule has 3 aromatic heterocycles. The lowest BCUT2D eigenvalue weighted by Crippen LogP contribution is -2.47. The number of fused-ring (bicyclic) bond motifs is 1. The van der Waals surface area contributed by atoms with E-state index in [1.54, 1.807) is 24.9 Å². The Morgan fingerprint density at radius 3 is 2.65 bits per heavy atom. The summed E-state index contributed by atoms with van der Waals surface area (Å²) in [7, 11) is 0. The highest BCUT2D eigenvalue weighted by Gasteiger charge is 2.34. The van der Waals surface area contributed by atoms with Crippen LogP contribution in [0.15, 0.2) is 11.6 Å². The minimum atomic E-state index is -0.961. The summed E-state index contributed by atoms with van der Waals surface area (Å²) in [4.78, 5) is 41.9. The predicted molar refractivity (Wildman–Crippen MR) is 123 cm³/mol. The van der Waals surface area contributed by atoms with Gasteiger partial charge in [-0.05, 0) is 33.6 Å². The second-order valence-electron chi connectivity index (χ2n) is 7.74. The van der Waals surface area contributed by atoms with Gasteiger partial charge in [-0.2, -0.15) is 0 Å². The topological polar surface area (TPSA) is 111 Å². The van der Waals surface area contributed by atoms with Gasteiger partial charge in [0, 0.05) is 17.6 Å². The Morgan fingerprint density at radius 2 is 1.97 bits per heavy atom. The highest BCUT2D eigenvalue weighted by molar-refractivity contribution is 7.21. The first-order valence-electron chi connectivity index (χ1n) is 10.3. The van der Waals surface area contributed by atoms with E-state index in [-0.39, 0.29) is 16.8 Å². The number of hydrogen-bond donors (Lipinski definition) is 1. The van der Waals surface area contributed by atoms with Gasteiger partial charge in [0.2, 0.25) is 0 Å². The average Bonchev–Trinajstić information content (AvgIpc) is 3.37. The maximum Gasteiger partial charge on any atom is 0.351 e. The number of thiophene rings is 1. The van der Waals surface area contributed by atoms with Gasteiger partial charge in [-0.15, -0.1) is 22.7 Å². The third-order valence-electron chi connectivity index (χ3n) is 5.50. The molecule has 31 heavy (non-hydrogen) atoms. The molecule has 1 amide bonds. The van der Waals surface area contributed by atoms with E-state index >= 15 is 0 Å². The van der Waals surface area contributed by atoms with Gasteiger partial charge in [0.05, 0.1) is 16.8 Å². The SMILES string of the molecule is Cc1nc(C)c2c(N)c(C(=O)OC(C)C(=O)N(c3nccs3)C3CCCCC3)sc2n1. The average molecular weight is 460 g/mol. The van der Waals surface area contributed by atoms with Crippen LogP contribution in [-0.4, -0.2) is 39.0 Å². The summed E-state index contributed by atoms with van der Waals surface area (Å²) in [6, 6.07) is 0.0730. The summed E-state index contributed by atoms with van der Waals surface area (Å²) >= 11 is 2.58. The van der Waals surface area contributed by atoms with E-state index < -0.39 is 12.1 Å². The summed E-state index contributed by atoms with van der Waals surface area (Å²) in [6.07, 6.45) is 5.89. The number of anilines is 2. The van der Waals surface area contributed by atoms with Crippen LogP contribution in [0.4, 0.5) is 10.8 Å². The first kappa shape index (κ1) is 21.6. The van der Waals surface area contributed by atoms with Gasteiger partial charge in [-0.1, -0.05) is 19.3 Å². The van der Waals surface area contributed by atoms with E-state index in [1.165, 1.54) is 17.8 Å². The number of amides is 1. The molecule has 0 aliphatic heterocycles. The number of hydrogen-bond acceptors (Lipinski definition) is 9. The fourth-order valence-corrected chi connectivity index (χ4v) is 5.84. The lowest BCUT2D eigenvalue weighted by Gasteiger charge is -2.33. The summed E-state index contributed by atoms with van der Waals surface area (Å²) in [5.74, 6) is -0.274. The van der Waals surface area contributed by atoms with E-state index in [2.05, 4.69) is 15.0 Å². The minimum absolute atomic E-state index is 0.0730. The number of carbonyl (C=O) groups is 2. The zero-order valence-electron chi connectivity index (χ0n) is 17.8. The van der Waals surface area contributed by atoms with Crippen molar-refractivity contribution in [3.63, 3.8) is 0 Å². The first-order valence-corrected chi connectivity index (χ1v) is 12.0. The minimum Gasteiger partial charge on any atom is -0.448 e. The predicted octanol–water partition coefficient (Wildman–Crippen LogP) is 4.26. The second kappa shape index (κ2) is 8.88. The van der Waals surface area contributed by atoms with Gasteiger partial charge in [-0.3, -0.25) is 9.69 Å². The molecule has 164 valence electrons. The van der Waals surface area contributed by atoms with Gasteiger partial charge in [-0.25, -0.2) is 19.7 Å². The highest BCUT2D eigenvalue weighted by Crippen LogP contribution is 2.35. The monoisotopic (exact) mass is 459 g/mol. The summed E-state index contributed by atoms with van der Waals surface area (Å²) < 4.78 is 5.58. The summed E-state index contributed by atoms with van der Waals surface area (Å²) in [5.41, 5.74) is 7.23. The van der Waals surface area contributed by atoms with Crippen LogP contribution in [0.2, 0.25) is 0 Å². The van der Waals surface area contributed by atoms with Crippen molar-refractivity contribution in [2.75, 3.05) is 10.6 Å². The van der Waals surface area contributed by atoms with Crippen LogP contribution in [0.25, 0.3) is 10.2 Å². The molecule has 10 heteroatoms. The molecule has 1 unspecified atom stereocenters. The van der Waals surface area contributed by atoms with Gasteiger partial charge in [0.25, 0.3) is 5.91 Å². The molecule has 3 aromatic rings. The van der Waals surface area contributed by atoms with Crippen molar-refractivity contribution in [2.24, 2.45) is 0 Å². The highest BCUT2D eigenvalue weighted by atomic mass is 32.1. The normalized spacial score (nSPS) is 15.7. The van der Waals surface area contributed by atoms with Crippen LogP contribution in [-0.2, 0) is 9.53 Å². The van der Waals surface area contributed by atoms with E-state index in [4.69, 9.17) is 10.5 Å². The molecule has 1 aliphatic rings. The maximum absolute atomic E-state index is 13.3. The maximum atomic E-state index is 13.3. The van der Waals surface area contributed by atoms with Crippen LogP contribution in [0.3, 0.4) is 0 Å². The number of ether oxygens (including phenoxy) is 1. The number of carbonyl (C=O) groups excluding carboxylic acids is 2. The largest absolute Gasteiger partial charge is 0.448 e. The smallest absolute Gasteiger partial charge is 0.351 e. The fourth-order valence-electron chi connectivity index (χ4n) is 4.05. The third-order valence-corrected chi connectivity index (χ3v) is 7.35. The molecule has 2 N–H and O–H groups in total. The van der Waals surface area contributed by atoms with Crippen molar-refractivity contribution in [1.29, 1.82) is 0 Å². The summed E-state index contributed by atoms with van der Waals surface area (Å²) in [6.45, 7) is 5.22. The number of aromatic nitrogens is 3. The Bertz CT molecular complexity index is 1110. The first-order chi connectivity index (χ1) is 14.9. The lowest BCUT2D eigenvalue weighted by atomic mass is 9.94. The van der Waals surface area contributed by atoms with Gasteiger partial charge in [0.15, 0.2) is 11.2 Å². The summed E-state index contributed by atoms with van der Waals surface area (Å²) in [5, 5.41) is 3.15. The molecular weight excluding hydrogens is 434 g/mol. The van der Waals surface area contributed by atoms with Crippen LogP contribution >= 0.6 is 22.7 Å². The van der Waals surface area contributed by atoms with Crippen molar-refractivity contribution >= 4 is 55.6 Å². The van der Waals surface area contributed by atoms with Crippen molar-refractivity contribution < 1.29 is 14.3 Å². The van der Waals surface area contributed by atoms with Crippen LogP contribution in [0.1, 0.15) is 60.2 Å². The van der Waals surface area contributed by atoms with Crippen molar-refractivity contribution in [3.8, 4) is 0 Å². The molecule has 1 fully saturated rings. The lowest BCUT2D eigenvalue weighted by molar-refractivity contribution is -0.127. The Hall–Kier alpha value is -2.59. The number of nitrogens with two attached hydrogens (primary N) is 1. The van der Waals surface area contributed by atoms with Crippen LogP contribution in [0.5, 0.6) is 0 Å². The van der Waals surface area contributed by atoms with Crippen LogP contribution in [0, 0.1) is 13.8 Å². The number of thiazole rings is 1. The molecule has 0 aromatic carbocycles. The zero-order chi connectivity index (χ0) is 22.1. The Kier molecular flexibility index (Phi) is 6.19. The number of aryl methyl sites for hydroxylation is 2. The van der Waals surface area contributed by atoms with Crippen molar-refractivity contribution in [2.45, 2.75) is 65.0 Å². The zero-order valence-corrected chi connectivity index (χ0v) is 19.4. The molecule has 4 rings (SSSR count). The Morgan fingerprint density at radius 1 is 1.23 bits per heavy atom. The third kappa shape index (κ3) is 4.27. The molecule has 8 nitrogen and oxygen atoms in total. The Labute approximate surface area is 188 Å². The molecule has 3 heterocycles. The van der Waals surface area contributed by atoms with E-state index in [9.17, 15) is 9.59 Å². The van der Waals surface area contributed by atoms with Gasteiger partial charge >= 0.3 is 5.97 Å². The molecule has 1 aliphatic carbocycles. The second-order valence-corrected chi connectivity index (χ2v) is 9.62. The van der Waals surface area contributed by atoms with E-state index in [0.717, 1.165) is 37.0 Å². The van der Waals surface area contributed by atoms with E-state index in [1.807, 2.05) is 12.3 Å².